The van der Waals surface area contributed by atoms with Gasteiger partial charge in [0.15, 0.2) is 0 Å². The maximum absolute atomic E-state index is 12.5. The van der Waals surface area contributed by atoms with Crippen molar-refractivity contribution in [1.82, 2.24) is 14.1 Å². The predicted octanol–water partition coefficient (Wildman–Crippen LogP) is 5.86. The van der Waals surface area contributed by atoms with Crippen LogP contribution in [0.3, 0.4) is 0 Å². The molecule has 0 fully saturated rings. The van der Waals surface area contributed by atoms with Gasteiger partial charge in [-0.1, -0.05) is 42.8 Å². The monoisotopic (exact) mass is 479 g/mol. The Kier molecular flexibility index (Phi) is 5.72. The van der Waals surface area contributed by atoms with Crippen molar-refractivity contribution in [3.05, 3.63) is 88.6 Å². The number of imidazole rings is 1. The number of rotatable bonds is 3. The number of fused-ring (bicyclic) bond motifs is 3. The quantitative estimate of drug-likeness (QED) is 0.325. The van der Waals surface area contributed by atoms with Gasteiger partial charge in [0, 0.05) is 23.9 Å². The van der Waals surface area contributed by atoms with Crippen molar-refractivity contribution < 1.29 is 4.79 Å². The van der Waals surface area contributed by atoms with Crippen molar-refractivity contribution in [1.29, 1.82) is 5.26 Å². The molecule has 0 aliphatic heterocycles. The van der Waals surface area contributed by atoms with E-state index in [0.717, 1.165) is 44.3 Å². The van der Waals surface area contributed by atoms with Crippen LogP contribution in [-0.2, 0) is 11.8 Å². The zero-order valence-corrected chi connectivity index (χ0v) is 20.3. The number of carbonyl (C=O) groups is 1. The lowest BCUT2D eigenvalue weighted by Crippen LogP contribution is -2.25. The summed E-state index contributed by atoms with van der Waals surface area (Å²) in [5.41, 5.74) is 7.33. The molecule has 7 heteroatoms. The van der Waals surface area contributed by atoms with E-state index in [-0.39, 0.29) is 5.91 Å². The number of nitrogens with zero attached hydrogens (tertiary/aromatic N) is 5. The van der Waals surface area contributed by atoms with Crippen molar-refractivity contribution in [3.8, 4) is 22.9 Å². The fourth-order valence-corrected chi connectivity index (χ4v) is 4.42. The number of amides is 1. The average molecular weight is 480 g/mol. The highest BCUT2D eigenvalue weighted by Gasteiger charge is 2.18. The van der Waals surface area contributed by atoms with E-state index < -0.39 is 0 Å². The number of benzene rings is 3. The van der Waals surface area contributed by atoms with Gasteiger partial charge in [-0.25, -0.2) is 0 Å². The number of carbonyl (C=O) groups excluding carboxylic acids is 1. The Balaban J connectivity index is 1.95. The van der Waals surface area contributed by atoms with E-state index in [1.807, 2.05) is 71.6 Å². The number of pyridine rings is 1. The Bertz CT molecular complexity index is 1740. The van der Waals surface area contributed by atoms with Crippen LogP contribution in [-0.4, -0.2) is 20.0 Å². The summed E-state index contributed by atoms with van der Waals surface area (Å²) in [6.45, 7) is 3.77. The standard InChI is InChI=1S/C28H22ClN5O/c1-4-26(35)32-28-33(3)25-16-31-23-12-9-20(19-7-10-21(29)11-8-19)14-22(23)27(25)34(28)24-13-18(15-30)6-5-17(24)2/h5-14,16H,4H2,1-3H3. The molecule has 6 nitrogen and oxygen atoms in total. The van der Waals surface area contributed by atoms with Gasteiger partial charge in [0.1, 0.15) is 0 Å². The van der Waals surface area contributed by atoms with E-state index in [2.05, 4.69) is 22.1 Å². The molecule has 0 spiro atoms. The van der Waals surface area contributed by atoms with Gasteiger partial charge in [0.2, 0.25) is 11.5 Å². The van der Waals surface area contributed by atoms with Crippen LogP contribution in [0.1, 0.15) is 24.5 Å². The molecule has 0 atom stereocenters. The first-order chi connectivity index (χ1) is 16.9. The molecule has 172 valence electrons. The maximum Gasteiger partial charge on any atom is 0.248 e. The molecule has 3 aromatic carbocycles. The van der Waals surface area contributed by atoms with Crippen LogP contribution in [0, 0.1) is 18.3 Å². The highest BCUT2D eigenvalue weighted by Crippen LogP contribution is 2.31. The Morgan fingerprint density at radius 3 is 2.54 bits per heavy atom. The van der Waals surface area contributed by atoms with Crippen LogP contribution in [0.4, 0.5) is 0 Å². The summed E-state index contributed by atoms with van der Waals surface area (Å²) in [6, 6.07) is 21.6. The predicted molar refractivity (Wildman–Crippen MR) is 138 cm³/mol. The number of aromatic nitrogens is 3. The van der Waals surface area contributed by atoms with Crippen LogP contribution < -0.4 is 5.62 Å². The number of nitriles is 1. The Morgan fingerprint density at radius 2 is 1.83 bits per heavy atom. The van der Waals surface area contributed by atoms with E-state index in [1.165, 1.54) is 0 Å². The Hall–Kier alpha value is -4.21. The van der Waals surface area contributed by atoms with Crippen LogP contribution in [0.2, 0.25) is 5.02 Å². The third kappa shape index (κ3) is 3.90. The molecule has 5 aromatic rings. The molecule has 0 saturated heterocycles. The minimum absolute atomic E-state index is 0.224. The molecule has 0 N–H and O–H groups in total. The van der Waals surface area contributed by atoms with Gasteiger partial charge < -0.3 is 4.57 Å². The first-order valence-corrected chi connectivity index (χ1v) is 11.6. The second-order valence-corrected chi connectivity index (χ2v) is 8.83. The van der Waals surface area contributed by atoms with E-state index in [0.29, 0.717) is 22.6 Å². The van der Waals surface area contributed by atoms with E-state index in [4.69, 9.17) is 11.6 Å². The van der Waals surface area contributed by atoms with Gasteiger partial charge in [-0.3, -0.25) is 14.3 Å². The summed E-state index contributed by atoms with van der Waals surface area (Å²) in [4.78, 5) is 21.6. The molecule has 0 saturated carbocycles. The summed E-state index contributed by atoms with van der Waals surface area (Å²) in [7, 11) is 1.88. The highest BCUT2D eigenvalue weighted by molar-refractivity contribution is 6.30. The zero-order valence-electron chi connectivity index (χ0n) is 19.6. The molecule has 2 heterocycles. The molecule has 1 amide bonds. The highest BCUT2D eigenvalue weighted by atomic mass is 35.5. The SMILES string of the molecule is CCC(=O)N=c1n(C)c2cnc3ccc(-c4ccc(Cl)cc4)cc3c2n1-c1cc(C#N)ccc1C. The first-order valence-electron chi connectivity index (χ1n) is 11.3. The fraction of sp³-hybridized carbons (Fsp3) is 0.143. The number of hydrogen-bond acceptors (Lipinski definition) is 3. The molecule has 0 aliphatic rings. The molecular weight excluding hydrogens is 458 g/mol. The summed E-state index contributed by atoms with van der Waals surface area (Å²) < 4.78 is 3.84. The Morgan fingerprint density at radius 1 is 1.09 bits per heavy atom. The molecule has 2 aromatic heterocycles. The molecule has 0 aliphatic carbocycles. The maximum atomic E-state index is 12.5. The lowest BCUT2D eigenvalue weighted by molar-refractivity contribution is -0.117. The largest absolute Gasteiger partial charge is 0.311 e. The van der Waals surface area contributed by atoms with Crippen molar-refractivity contribution in [2.45, 2.75) is 20.3 Å². The topological polar surface area (TPSA) is 76.0 Å². The molecule has 0 unspecified atom stereocenters. The zero-order chi connectivity index (χ0) is 24.7. The van der Waals surface area contributed by atoms with Gasteiger partial charge in [-0.15, -0.1) is 0 Å². The van der Waals surface area contributed by atoms with Gasteiger partial charge in [0.25, 0.3) is 0 Å². The number of halogens is 1. The number of aryl methyl sites for hydroxylation is 2. The van der Waals surface area contributed by atoms with Crippen molar-refractivity contribution in [3.63, 3.8) is 0 Å². The van der Waals surface area contributed by atoms with Crippen molar-refractivity contribution in [2.75, 3.05) is 0 Å². The summed E-state index contributed by atoms with van der Waals surface area (Å²) >= 11 is 6.10. The van der Waals surface area contributed by atoms with Crippen LogP contribution in [0.15, 0.2) is 71.9 Å². The third-order valence-corrected chi connectivity index (χ3v) is 6.44. The lowest BCUT2D eigenvalue weighted by Gasteiger charge is -2.11. The smallest absolute Gasteiger partial charge is 0.248 e. The van der Waals surface area contributed by atoms with Crippen molar-refractivity contribution in [2.24, 2.45) is 12.0 Å². The minimum atomic E-state index is -0.224. The summed E-state index contributed by atoms with van der Waals surface area (Å²) in [5, 5.41) is 11.2. The number of hydrogen-bond donors (Lipinski definition) is 0. The summed E-state index contributed by atoms with van der Waals surface area (Å²) in [6.07, 6.45) is 2.09. The van der Waals surface area contributed by atoms with Crippen molar-refractivity contribution >= 4 is 39.4 Å². The Labute approximate surface area is 207 Å². The molecule has 35 heavy (non-hydrogen) atoms. The average Bonchev–Trinajstić information content (AvgIpc) is 3.15. The minimum Gasteiger partial charge on any atom is -0.311 e. The van der Waals surface area contributed by atoms with Gasteiger partial charge in [-0.2, -0.15) is 10.3 Å². The molecule has 5 rings (SSSR count). The molecular formula is C28H22ClN5O. The van der Waals surface area contributed by atoms with Crippen LogP contribution in [0.5, 0.6) is 0 Å². The van der Waals surface area contributed by atoms with Gasteiger partial charge >= 0.3 is 0 Å². The van der Waals surface area contributed by atoms with Crippen LogP contribution >= 0.6 is 11.6 Å². The van der Waals surface area contributed by atoms with E-state index >= 15 is 0 Å². The second kappa shape index (κ2) is 8.86. The first kappa shape index (κ1) is 22.6. The van der Waals surface area contributed by atoms with E-state index in [1.54, 1.807) is 19.2 Å². The lowest BCUT2D eigenvalue weighted by atomic mass is 10.0. The summed E-state index contributed by atoms with van der Waals surface area (Å²) in [5.74, 6) is -0.224. The third-order valence-electron chi connectivity index (χ3n) is 6.19. The van der Waals surface area contributed by atoms with E-state index in [9.17, 15) is 10.1 Å². The van der Waals surface area contributed by atoms with Gasteiger partial charge in [0.05, 0.1) is 40.1 Å². The normalized spacial score (nSPS) is 11.8. The second-order valence-electron chi connectivity index (χ2n) is 8.40. The molecule has 0 bridgehead atoms. The van der Waals surface area contributed by atoms with Gasteiger partial charge in [-0.05, 0) is 60.0 Å². The fourth-order valence-electron chi connectivity index (χ4n) is 4.29. The molecule has 0 radical (unpaired) electrons. The van der Waals surface area contributed by atoms with Crippen LogP contribution in [0.25, 0.3) is 38.8 Å².